The van der Waals surface area contributed by atoms with Gasteiger partial charge in [-0.05, 0) is 29.4 Å². The van der Waals surface area contributed by atoms with Crippen molar-refractivity contribution in [1.29, 1.82) is 0 Å². The van der Waals surface area contributed by atoms with Crippen molar-refractivity contribution in [1.82, 2.24) is 9.80 Å². The van der Waals surface area contributed by atoms with Gasteiger partial charge in [0.1, 0.15) is 0 Å². The highest BCUT2D eigenvalue weighted by Crippen LogP contribution is 2.30. The maximum absolute atomic E-state index is 9.80. The van der Waals surface area contributed by atoms with E-state index in [0.717, 1.165) is 52.5 Å². The molecule has 2 aromatic rings. The van der Waals surface area contributed by atoms with Crippen molar-refractivity contribution in [3.63, 3.8) is 0 Å². The third kappa shape index (κ3) is 3.65. The molecule has 24 heavy (non-hydrogen) atoms. The van der Waals surface area contributed by atoms with Crippen molar-refractivity contribution in [2.75, 3.05) is 52.5 Å². The van der Waals surface area contributed by atoms with Crippen molar-refractivity contribution in [3.05, 3.63) is 35.2 Å². The third-order valence-corrected chi connectivity index (χ3v) is 6.44. The molecule has 1 aromatic heterocycles. The lowest BCUT2D eigenvalue weighted by Gasteiger charge is -2.30. The van der Waals surface area contributed by atoms with E-state index in [1.165, 1.54) is 15.0 Å². The summed E-state index contributed by atoms with van der Waals surface area (Å²) in [6.45, 7) is 8.28. The maximum Gasteiger partial charge on any atom is 0.0594 e. The molecule has 0 spiro atoms. The minimum atomic E-state index is 0.303. The number of aliphatic hydroxyl groups excluding tert-OH is 1. The molecule has 2 aliphatic heterocycles. The van der Waals surface area contributed by atoms with Gasteiger partial charge in [0.05, 0.1) is 13.2 Å². The number of ether oxygens (including phenoxy) is 1. The van der Waals surface area contributed by atoms with Gasteiger partial charge in [0.2, 0.25) is 0 Å². The molecule has 4 nitrogen and oxygen atoms in total. The Morgan fingerprint density at radius 3 is 2.67 bits per heavy atom. The highest BCUT2D eigenvalue weighted by molar-refractivity contribution is 7.19. The Hall–Kier alpha value is -0.980. The van der Waals surface area contributed by atoms with Crippen LogP contribution in [0.15, 0.2) is 30.3 Å². The van der Waals surface area contributed by atoms with E-state index in [1.54, 1.807) is 0 Å². The number of aliphatic hydroxyl groups is 1. The first-order valence-electron chi connectivity index (χ1n) is 8.92. The van der Waals surface area contributed by atoms with Crippen LogP contribution in [0.1, 0.15) is 4.88 Å². The Kier molecular flexibility index (Phi) is 5.15. The van der Waals surface area contributed by atoms with E-state index in [0.29, 0.717) is 18.4 Å². The molecule has 130 valence electrons. The predicted molar refractivity (Wildman–Crippen MR) is 98.4 cm³/mol. The lowest BCUT2D eigenvalue weighted by molar-refractivity contribution is 0.0264. The number of hydrogen-bond donors (Lipinski definition) is 1. The molecule has 0 saturated carbocycles. The summed E-state index contributed by atoms with van der Waals surface area (Å²) in [5, 5.41) is 11.1. The summed E-state index contributed by atoms with van der Waals surface area (Å²) in [7, 11) is 0. The molecular weight excluding hydrogens is 320 g/mol. The van der Waals surface area contributed by atoms with Crippen molar-refractivity contribution in [3.8, 4) is 0 Å². The van der Waals surface area contributed by atoms with E-state index in [2.05, 4.69) is 40.1 Å². The Morgan fingerprint density at radius 2 is 1.88 bits per heavy atom. The third-order valence-electron chi connectivity index (χ3n) is 5.34. The molecule has 1 N–H and O–H groups in total. The van der Waals surface area contributed by atoms with E-state index < -0.39 is 0 Å². The summed E-state index contributed by atoms with van der Waals surface area (Å²) >= 11 is 1.90. The fourth-order valence-corrected chi connectivity index (χ4v) is 5.14. The standard InChI is InChI=1S/C19H26N2O2S/c22-14-17-12-21(11-16(17)10-20-5-7-23-8-6-20)13-18-9-15-3-1-2-4-19(15)24-18/h1-4,9,16-17,22H,5-8,10-14H2/t16-,17-/m1/s1. The van der Waals surface area contributed by atoms with E-state index in [1.807, 2.05) is 11.3 Å². The van der Waals surface area contributed by atoms with Gasteiger partial charge >= 0.3 is 0 Å². The topological polar surface area (TPSA) is 35.9 Å². The summed E-state index contributed by atoms with van der Waals surface area (Å²) in [5.74, 6) is 0.977. The molecule has 2 aliphatic rings. The number of likely N-dealkylation sites (tertiary alicyclic amines) is 1. The molecule has 0 unspecified atom stereocenters. The van der Waals surface area contributed by atoms with Gasteiger partial charge in [-0.3, -0.25) is 9.80 Å². The van der Waals surface area contributed by atoms with Crippen molar-refractivity contribution < 1.29 is 9.84 Å². The van der Waals surface area contributed by atoms with E-state index >= 15 is 0 Å². The van der Waals surface area contributed by atoms with E-state index in [-0.39, 0.29) is 0 Å². The lowest BCUT2D eigenvalue weighted by atomic mass is 9.96. The van der Waals surface area contributed by atoms with Crippen LogP contribution in [0.4, 0.5) is 0 Å². The average Bonchev–Trinajstić information content (AvgIpc) is 3.19. The van der Waals surface area contributed by atoms with Crippen LogP contribution in [-0.2, 0) is 11.3 Å². The van der Waals surface area contributed by atoms with Gasteiger partial charge in [-0.2, -0.15) is 0 Å². The fourth-order valence-electron chi connectivity index (χ4n) is 4.03. The van der Waals surface area contributed by atoms with Gasteiger partial charge in [0, 0.05) is 55.5 Å². The number of rotatable bonds is 5. The van der Waals surface area contributed by atoms with Gasteiger partial charge < -0.3 is 9.84 Å². The highest BCUT2D eigenvalue weighted by atomic mass is 32.1. The second kappa shape index (κ2) is 7.50. The second-order valence-corrected chi connectivity index (χ2v) is 8.23. The molecule has 2 saturated heterocycles. The van der Waals surface area contributed by atoms with Crippen LogP contribution in [0.3, 0.4) is 0 Å². The number of benzene rings is 1. The maximum atomic E-state index is 9.80. The Morgan fingerprint density at radius 1 is 1.08 bits per heavy atom. The monoisotopic (exact) mass is 346 g/mol. The molecule has 0 amide bonds. The van der Waals surface area contributed by atoms with Crippen molar-refractivity contribution >= 4 is 21.4 Å². The molecule has 0 aliphatic carbocycles. The number of nitrogens with zero attached hydrogens (tertiary/aromatic N) is 2. The molecule has 5 heteroatoms. The Bertz CT molecular complexity index is 635. The number of hydrogen-bond acceptors (Lipinski definition) is 5. The van der Waals surface area contributed by atoms with Crippen LogP contribution in [0.2, 0.25) is 0 Å². The summed E-state index contributed by atoms with van der Waals surface area (Å²) in [6, 6.07) is 10.9. The minimum absolute atomic E-state index is 0.303. The molecule has 4 rings (SSSR count). The number of thiophene rings is 1. The van der Waals surface area contributed by atoms with Crippen LogP contribution < -0.4 is 0 Å². The Labute approximate surface area is 147 Å². The zero-order valence-electron chi connectivity index (χ0n) is 14.1. The van der Waals surface area contributed by atoms with Gasteiger partial charge in [-0.25, -0.2) is 0 Å². The van der Waals surface area contributed by atoms with Crippen LogP contribution in [0.25, 0.3) is 10.1 Å². The highest BCUT2D eigenvalue weighted by Gasteiger charge is 2.33. The largest absolute Gasteiger partial charge is 0.396 e. The molecule has 0 radical (unpaired) electrons. The van der Waals surface area contributed by atoms with E-state index in [4.69, 9.17) is 4.74 Å². The molecule has 2 fully saturated rings. The van der Waals surface area contributed by atoms with Crippen LogP contribution >= 0.6 is 11.3 Å². The number of morpholine rings is 1. The van der Waals surface area contributed by atoms with Crippen LogP contribution in [0.5, 0.6) is 0 Å². The first-order chi connectivity index (χ1) is 11.8. The van der Waals surface area contributed by atoms with Crippen molar-refractivity contribution in [2.45, 2.75) is 6.54 Å². The minimum Gasteiger partial charge on any atom is -0.396 e. The molecular formula is C19H26N2O2S. The number of fused-ring (bicyclic) bond motifs is 1. The molecule has 1 aromatic carbocycles. The lowest BCUT2D eigenvalue weighted by Crippen LogP contribution is -2.41. The molecule has 2 atom stereocenters. The normalized spacial score (nSPS) is 26.4. The fraction of sp³-hybridized carbons (Fsp3) is 0.579. The Balaban J connectivity index is 1.39. The van der Waals surface area contributed by atoms with E-state index in [9.17, 15) is 5.11 Å². The summed E-state index contributed by atoms with van der Waals surface area (Å²) in [4.78, 5) is 6.45. The first-order valence-corrected chi connectivity index (χ1v) is 9.74. The van der Waals surface area contributed by atoms with Gasteiger partial charge in [-0.15, -0.1) is 11.3 Å². The second-order valence-electron chi connectivity index (χ2n) is 7.06. The van der Waals surface area contributed by atoms with Gasteiger partial charge in [-0.1, -0.05) is 18.2 Å². The average molecular weight is 346 g/mol. The summed E-state index contributed by atoms with van der Waals surface area (Å²) in [6.07, 6.45) is 0. The van der Waals surface area contributed by atoms with Crippen LogP contribution in [0, 0.1) is 11.8 Å². The zero-order valence-corrected chi connectivity index (χ0v) is 14.9. The predicted octanol–water partition coefficient (Wildman–Crippen LogP) is 2.27. The first kappa shape index (κ1) is 16.5. The SMILES string of the molecule is OC[C@H]1CN(Cc2cc3ccccc3s2)C[C@H]1CN1CCOCC1. The molecule has 3 heterocycles. The van der Waals surface area contributed by atoms with Crippen LogP contribution in [-0.4, -0.2) is 67.5 Å². The molecule has 0 bridgehead atoms. The smallest absolute Gasteiger partial charge is 0.0594 e. The van der Waals surface area contributed by atoms with Crippen molar-refractivity contribution in [2.24, 2.45) is 11.8 Å². The summed E-state index contributed by atoms with van der Waals surface area (Å²) in [5.41, 5.74) is 0. The van der Waals surface area contributed by atoms with Gasteiger partial charge in [0.15, 0.2) is 0 Å². The zero-order chi connectivity index (χ0) is 16.4. The summed E-state index contributed by atoms with van der Waals surface area (Å²) < 4.78 is 6.82. The van der Waals surface area contributed by atoms with Gasteiger partial charge in [0.25, 0.3) is 0 Å². The quantitative estimate of drug-likeness (QED) is 0.901.